The molecule has 0 aromatic carbocycles. The van der Waals surface area contributed by atoms with Gasteiger partial charge in [0, 0.05) is 19.1 Å². The van der Waals surface area contributed by atoms with Crippen LogP contribution >= 0.6 is 12.4 Å². The molecule has 1 unspecified atom stereocenters. The number of aromatic amines is 1. The molecule has 1 saturated heterocycles. The Morgan fingerprint density at radius 3 is 2.74 bits per heavy atom. The molecule has 23 heavy (non-hydrogen) atoms. The molecule has 1 amide bonds. The van der Waals surface area contributed by atoms with E-state index in [-0.39, 0.29) is 35.2 Å². The largest absolute Gasteiger partial charge is 0.336 e. The van der Waals surface area contributed by atoms with Crippen LogP contribution < -0.4 is 5.73 Å². The second kappa shape index (κ2) is 7.27. The fourth-order valence-corrected chi connectivity index (χ4v) is 2.84. The maximum atomic E-state index is 12.6. The number of hydrogen-bond acceptors (Lipinski definition) is 5. The Bertz CT molecular complexity index is 587. The number of carbonyl (C=O) groups is 1. The first-order chi connectivity index (χ1) is 10.3. The van der Waals surface area contributed by atoms with Crippen molar-refractivity contribution in [3.63, 3.8) is 0 Å². The van der Waals surface area contributed by atoms with Crippen molar-refractivity contribution in [1.29, 1.82) is 0 Å². The highest BCUT2D eigenvalue weighted by Crippen LogP contribution is 2.30. The summed E-state index contributed by atoms with van der Waals surface area (Å²) in [6.45, 7) is 6.88. The Kier molecular flexibility index (Phi) is 6.12. The van der Waals surface area contributed by atoms with Crippen molar-refractivity contribution in [3.05, 3.63) is 21.5 Å². The highest BCUT2D eigenvalue weighted by atomic mass is 35.5. The first kappa shape index (κ1) is 19.4. The van der Waals surface area contributed by atoms with E-state index in [0.29, 0.717) is 31.6 Å². The highest BCUT2D eigenvalue weighted by Gasteiger charge is 2.39. The van der Waals surface area contributed by atoms with Crippen LogP contribution in [0.3, 0.4) is 0 Å². The fourth-order valence-electron chi connectivity index (χ4n) is 2.84. The van der Waals surface area contributed by atoms with Gasteiger partial charge in [-0.25, -0.2) is 0 Å². The summed E-state index contributed by atoms with van der Waals surface area (Å²) in [5, 5.41) is 17.9. The number of aryl methyl sites for hydroxylation is 1. The first-order valence-electron chi connectivity index (χ1n) is 7.54. The number of nitrogens with two attached hydrogens (primary N) is 1. The third-order valence-electron chi connectivity index (χ3n) is 4.30. The van der Waals surface area contributed by atoms with Crippen LogP contribution in [-0.2, 0) is 6.42 Å². The smallest absolute Gasteiger partial charge is 0.322 e. The second-order valence-electron chi connectivity index (χ2n) is 6.52. The lowest BCUT2D eigenvalue weighted by atomic mass is 9.79. The van der Waals surface area contributed by atoms with E-state index >= 15 is 0 Å². The average molecular weight is 346 g/mol. The highest BCUT2D eigenvalue weighted by molar-refractivity contribution is 5.96. The third kappa shape index (κ3) is 3.81. The van der Waals surface area contributed by atoms with E-state index in [0.717, 1.165) is 6.42 Å². The van der Waals surface area contributed by atoms with Gasteiger partial charge in [-0.15, -0.1) is 12.4 Å². The summed E-state index contributed by atoms with van der Waals surface area (Å²) in [6, 6.07) is 0.0152. The molecule has 130 valence electrons. The SMILES string of the molecule is CCCc1[nH]nc(C(=O)N2CCC(N)C(C)(C)C2)c1[N+](=O)[O-].Cl. The molecule has 0 saturated carbocycles. The Morgan fingerprint density at radius 1 is 1.57 bits per heavy atom. The molecule has 3 N–H and O–H groups in total. The molecule has 9 heteroatoms. The molecule has 0 spiro atoms. The van der Waals surface area contributed by atoms with E-state index in [4.69, 9.17) is 5.73 Å². The van der Waals surface area contributed by atoms with Crippen molar-refractivity contribution in [2.45, 2.75) is 46.1 Å². The van der Waals surface area contributed by atoms with Gasteiger partial charge in [0.25, 0.3) is 5.91 Å². The number of amides is 1. The number of likely N-dealkylation sites (tertiary alicyclic amines) is 1. The molecule has 2 rings (SSSR count). The van der Waals surface area contributed by atoms with Gasteiger partial charge in [0.2, 0.25) is 5.69 Å². The molecule has 0 aliphatic carbocycles. The molecule has 1 atom stereocenters. The van der Waals surface area contributed by atoms with Crippen LogP contribution in [0.25, 0.3) is 0 Å². The summed E-state index contributed by atoms with van der Waals surface area (Å²) in [4.78, 5) is 25.0. The molecule has 1 aromatic rings. The number of nitro groups is 1. The number of rotatable bonds is 4. The predicted molar refractivity (Wildman–Crippen MR) is 88.8 cm³/mol. The van der Waals surface area contributed by atoms with Gasteiger partial charge in [-0.3, -0.25) is 20.0 Å². The summed E-state index contributed by atoms with van der Waals surface area (Å²) < 4.78 is 0. The molecule has 1 aliphatic heterocycles. The quantitative estimate of drug-likeness (QED) is 0.638. The lowest BCUT2D eigenvalue weighted by Gasteiger charge is -2.42. The van der Waals surface area contributed by atoms with Crippen molar-refractivity contribution in [2.75, 3.05) is 13.1 Å². The van der Waals surface area contributed by atoms with E-state index in [1.165, 1.54) is 0 Å². The molecular formula is C14H24ClN5O3. The van der Waals surface area contributed by atoms with E-state index < -0.39 is 10.8 Å². The first-order valence-corrected chi connectivity index (χ1v) is 7.54. The van der Waals surface area contributed by atoms with Gasteiger partial charge in [-0.1, -0.05) is 27.2 Å². The van der Waals surface area contributed by atoms with E-state index in [1.807, 2.05) is 20.8 Å². The van der Waals surface area contributed by atoms with Gasteiger partial charge in [-0.05, 0) is 18.3 Å². The number of halogens is 1. The fraction of sp³-hybridized carbons (Fsp3) is 0.714. The summed E-state index contributed by atoms with van der Waals surface area (Å²) in [6.07, 6.45) is 1.91. The zero-order valence-corrected chi connectivity index (χ0v) is 14.5. The van der Waals surface area contributed by atoms with E-state index in [1.54, 1.807) is 4.90 Å². The van der Waals surface area contributed by atoms with Gasteiger partial charge in [0.05, 0.1) is 4.92 Å². The zero-order valence-electron chi connectivity index (χ0n) is 13.7. The van der Waals surface area contributed by atoms with Crippen LogP contribution in [0.2, 0.25) is 0 Å². The minimum Gasteiger partial charge on any atom is -0.336 e. The van der Waals surface area contributed by atoms with Gasteiger partial charge in [-0.2, -0.15) is 5.10 Å². The second-order valence-corrected chi connectivity index (χ2v) is 6.52. The Morgan fingerprint density at radius 2 is 2.22 bits per heavy atom. The summed E-state index contributed by atoms with van der Waals surface area (Å²) >= 11 is 0. The number of carbonyl (C=O) groups excluding carboxylic acids is 1. The minimum absolute atomic E-state index is 0. The Hall–Kier alpha value is -1.67. The Labute approximate surface area is 141 Å². The zero-order chi connectivity index (χ0) is 16.5. The summed E-state index contributed by atoms with van der Waals surface area (Å²) in [5.41, 5.74) is 5.96. The van der Waals surface area contributed by atoms with Crippen molar-refractivity contribution in [2.24, 2.45) is 11.1 Å². The van der Waals surface area contributed by atoms with Gasteiger partial charge in [0.1, 0.15) is 5.69 Å². The normalized spacial score (nSPS) is 20.0. The molecule has 0 bridgehead atoms. The average Bonchev–Trinajstić information content (AvgIpc) is 2.85. The lowest BCUT2D eigenvalue weighted by molar-refractivity contribution is -0.385. The van der Waals surface area contributed by atoms with Crippen LogP contribution in [0.15, 0.2) is 0 Å². The topological polar surface area (TPSA) is 118 Å². The Balaban J connectivity index is 0.00000264. The van der Waals surface area contributed by atoms with Crippen LogP contribution in [0.1, 0.15) is 49.8 Å². The van der Waals surface area contributed by atoms with Gasteiger partial charge >= 0.3 is 5.69 Å². The summed E-state index contributed by atoms with van der Waals surface area (Å²) in [7, 11) is 0. The van der Waals surface area contributed by atoms with Gasteiger partial charge < -0.3 is 10.6 Å². The van der Waals surface area contributed by atoms with Crippen molar-refractivity contribution in [1.82, 2.24) is 15.1 Å². The third-order valence-corrected chi connectivity index (χ3v) is 4.30. The standard InChI is InChI=1S/C14H23N5O3.ClH/c1-4-5-9-12(19(21)22)11(17-16-9)13(20)18-7-6-10(15)14(2,3)8-18;/h10H,4-8,15H2,1-3H3,(H,16,17);1H. The molecule has 2 heterocycles. The maximum absolute atomic E-state index is 12.6. The number of aromatic nitrogens is 2. The van der Waals surface area contributed by atoms with Crippen molar-refractivity contribution < 1.29 is 9.72 Å². The maximum Gasteiger partial charge on any atom is 0.322 e. The minimum atomic E-state index is -0.525. The molecule has 8 nitrogen and oxygen atoms in total. The molecule has 1 fully saturated rings. The van der Waals surface area contributed by atoms with E-state index in [2.05, 4.69) is 10.2 Å². The number of hydrogen-bond donors (Lipinski definition) is 2. The number of nitrogens with zero attached hydrogens (tertiary/aromatic N) is 3. The lowest BCUT2D eigenvalue weighted by Crippen LogP contribution is -2.54. The van der Waals surface area contributed by atoms with Crippen molar-refractivity contribution in [3.8, 4) is 0 Å². The number of piperidine rings is 1. The monoisotopic (exact) mass is 345 g/mol. The summed E-state index contributed by atoms with van der Waals surface area (Å²) in [5.74, 6) is -0.398. The van der Waals surface area contributed by atoms with Crippen LogP contribution in [-0.4, -0.2) is 45.1 Å². The number of H-pyrrole nitrogens is 1. The molecule has 1 aromatic heterocycles. The molecule has 1 aliphatic rings. The molecular weight excluding hydrogens is 322 g/mol. The number of nitrogens with one attached hydrogen (secondary N) is 1. The van der Waals surface area contributed by atoms with Crippen LogP contribution in [0, 0.1) is 15.5 Å². The van der Waals surface area contributed by atoms with Crippen LogP contribution in [0.5, 0.6) is 0 Å². The van der Waals surface area contributed by atoms with E-state index in [9.17, 15) is 14.9 Å². The van der Waals surface area contributed by atoms with Crippen LogP contribution in [0.4, 0.5) is 5.69 Å². The van der Waals surface area contributed by atoms with Gasteiger partial charge in [0.15, 0.2) is 0 Å². The van der Waals surface area contributed by atoms with Crippen molar-refractivity contribution >= 4 is 24.0 Å². The predicted octanol–water partition coefficient (Wildman–Crippen LogP) is 1.89. The molecule has 0 radical (unpaired) electrons.